The molecular formula is C14H19N3O2. The van der Waals surface area contributed by atoms with Gasteiger partial charge in [0.05, 0.1) is 18.3 Å². The lowest BCUT2D eigenvalue weighted by Gasteiger charge is -2.23. The maximum absolute atomic E-state index is 9.76. The molecule has 5 nitrogen and oxygen atoms in total. The molecule has 5 heteroatoms. The number of rotatable bonds is 5. The molecule has 1 unspecified atom stereocenters. The number of aromatic nitrogens is 1. The van der Waals surface area contributed by atoms with E-state index in [0.29, 0.717) is 17.9 Å². The van der Waals surface area contributed by atoms with Gasteiger partial charge in [-0.25, -0.2) is 4.98 Å². The van der Waals surface area contributed by atoms with E-state index >= 15 is 0 Å². The number of aryl methyl sites for hydroxylation is 2. The molecule has 0 fully saturated rings. The molecule has 1 aliphatic rings. The number of anilines is 1. The summed E-state index contributed by atoms with van der Waals surface area (Å²) in [6, 6.07) is 4.13. The highest BCUT2D eigenvalue weighted by atomic mass is 16.5. The second-order valence-electron chi connectivity index (χ2n) is 4.92. The number of aliphatic hydroxyl groups excluding tert-OH is 1. The monoisotopic (exact) mass is 261 g/mol. The predicted octanol–water partition coefficient (Wildman–Crippen LogP) is 0.885. The SMILES string of the molecule is COCC(O)CN(C)c1nc2c(cc1C#N)CCC2. The van der Waals surface area contributed by atoms with Gasteiger partial charge in [0.1, 0.15) is 11.9 Å². The molecule has 0 spiro atoms. The van der Waals surface area contributed by atoms with Crippen LogP contribution < -0.4 is 4.90 Å². The van der Waals surface area contributed by atoms with Crippen LogP contribution >= 0.6 is 0 Å². The lowest BCUT2D eigenvalue weighted by Crippen LogP contribution is -2.33. The average molecular weight is 261 g/mol. The van der Waals surface area contributed by atoms with Crippen LogP contribution in [0.15, 0.2) is 6.07 Å². The zero-order valence-electron chi connectivity index (χ0n) is 11.4. The molecule has 1 N–H and O–H groups in total. The minimum atomic E-state index is -0.586. The molecule has 0 saturated heterocycles. The number of nitrogens with zero attached hydrogens (tertiary/aromatic N) is 3. The van der Waals surface area contributed by atoms with E-state index in [1.807, 2.05) is 18.0 Å². The highest BCUT2D eigenvalue weighted by molar-refractivity contribution is 5.56. The third kappa shape index (κ3) is 3.03. The summed E-state index contributed by atoms with van der Waals surface area (Å²) in [6.45, 7) is 0.672. The van der Waals surface area contributed by atoms with Crippen molar-refractivity contribution in [3.63, 3.8) is 0 Å². The summed E-state index contributed by atoms with van der Waals surface area (Å²) in [5.41, 5.74) is 2.85. The molecule has 1 heterocycles. The Bertz CT molecular complexity index is 496. The van der Waals surface area contributed by atoms with Crippen LogP contribution in [0.5, 0.6) is 0 Å². The van der Waals surface area contributed by atoms with Gasteiger partial charge in [-0.3, -0.25) is 0 Å². The normalized spacial score (nSPS) is 14.8. The summed E-state index contributed by atoms with van der Waals surface area (Å²) in [6.07, 6.45) is 2.50. The van der Waals surface area contributed by atoms with Crippen LogP contribution in [0.2, 0.25) is 0 Å². The van der Waals surface area contributed by atoms with Crippen molar-refractivity contribution < 1.29 is 9.84 Å². The summed E-state index contributed by atoms with van der Waals surface area (Å²) in [7, 11) is 3.39. The number of aliphatic hydroxyl groups is 1. The molecule has 1 aliphatic carbocycles. The Morgan fingerprint density at radius 1 is 1.58 bits per heavy atom. The molecular weight excluding hydrogens is 242 g/mol. The van der Waals surface area contributed by atoms with Gasteiger partial charge in [0, 0.05) is 26.4 Å². The zero-order chi connectivity index (χ0) is 13.8. The first-order chi connectivity index (χ1) is 9.15. The molecule has 1 aromatic rings. The van der Waals surface area contributed by atoms with Crippen LogP contribution in [-0.4, -0.2) is 43.5 Å². The fraction of sp³-hybridized carbons (Fsp3) is 0.571. The predicted molar refractivity (Wildman–Crippen MR) is 72.1 cm³/mol. The van der Waals surface area contributed by atoms with Crippen LogP contribution in [0.4, 0.5) is 5.82 Å². The van der Waals surface area contributed by atoms with Crippen molar-refractivity contribution in [3.05, 3.63) is 22.9 Å². The third-order valence-corrected chi connectivity index (χ3v) is 3.36. The van der Waals surface area contributed by atoms with Crippen LogP contribution in [0.3, 0.4) is 0 Å². The Balaban J connectivity index is 2.21. The standard InChI is InChI=1S/C14H19N3O2/c1-17(8-12(18)9-19-2)14-11(7-15)6-10-4-3-5-13(10)16-14/h6,12,18H,3-5,8-9H2,1-2H3. The Hall–Kier alpha value is -1.64. The highest BCUT2D eigenvalue weighted by Gasteiger charge is 2.19. The van der Waals surface area contributed by atoms with Gasteiger partial charge in [-0.1, -0.05) is 0 Å². The van der Waals surface area contributed by atoms with E-state index in [0.717, 1.165) is 25.0 Å². The maximum atomic E-state index is 9.76. The molecule has 0 radical (unpaired) electrons. The van der Waals surface area contributed by atoms with Gasteiger partial charge in [0.15, 0.2) is 0 Å². The molecule has 1 atom stereocenters. The van der Waals surface area contributed by atoms with Crippen molar-refractivity contribution in [1.82, 2.24) is 4.98 Å². The fourth-order valence-electron chi connectivity index (χ4n) is 2.48. The molecule has 2 rings (SSSR count). The van der Waals surface area contributed by atoms with Gasteiger partial charge in [-0.15, -0.1) is 0 Å². The lowest BCUT2D eigenvalue weighted by molar-refractivity contribution is 0.0694. The molecule has 0 saturated carbocycles. The van der Waals surface area contributed by atoms with Crippen molar-refractivity contribution in [3.8, 4) is 6.07 Å². The summed E-state index contributed by atoms with van der Waals surface area (Å²) in [5.74, 6) is 0.651. The first-order valence-corrected chi connectivity index (χ1v) is 6.46. The van der Waals surface area contributed by atoms with Gasteiger partial charge in [-0.05, 0) is 30.9 Å². The van der Waals surface area contributed by atoms with E-state index in [-0.39, 0.29) is 6.61 Å². The Kier molecular flexibility index (Phi) is 4.35. The number of likely N-dealkylation sites (N-methyl/N-ethyl adjacent to an activating group) is 1. The van der Waals surface area contributed by atoms with Crippen LogP contribution in [-0.2, 0) is 17.6 Å². The second-order valence-corrected chi connectivity index (χ2v) is 4.92. The van der Waals surface area contributed by atoms with E-state index in [4.69, 9.17) is 4.74 Å². The number of fused-ring (bicyclic) bond motifs is 1. The number of hydrogen-bond acceptors (Lipinski definition) is 5. The Morgan fingerprint density at radius 3 is 3.05 bits per heavy atom. The largest absolute Gasteiger partial charge is 0.389 e. The van der Waals surface area contributed by atoms with Gasteiger partial charge >= 0.3 is 0 Å². The number of nitriles is 1. The van der Waals surface area contributed by atoms with E-state index < -0.39 is 6.10 Å². The minimum absolute atomic E-state index is 0.275. The van der Waals surface area contributed by atoms with Gasteiger partial charge in [0.25, 0.3) is 0 Å². The lowest BCUT2D eigenvalue weighted by atomic mass is 10.1. The first-order valence-electron chi connectivity index (χ1n) is 6.46. The van der Waals surface area contributed by atoms with Crippen molar-refractivity contribution in [2.24, 2.45) is 0 Å². The number of ether oxygens (including phenoxy) is 1. The van der Waals surface area contributed by atoms with Gasteiger partial charge in [0.2, 0.25) is 0 Å². The summed E-state index contributed by atoms with van der Waals surface area (Å²) >= 11 is 0. The molecule has 0 aliphatic heterocycles. The van der Waals surface area contributed by atoms with Crippen LogP contribution in [0.1, 0.15) is 23.2 Å². The van der Waals surface area contributed by atoms with Crippen molar-refractivity contribution in [1.29, 1.82) is 5.26 Å². The summed E-state index contributed by atoms with van der Waals surface area (Å²) in [5, 5.41) is 19.0. The third-order valence-electron chi connectivity index (χ3n) is 3.36. The van der Waals surface area contributed by atoms with E-state index in [1.165, 1.54) is 5.56 Å². The molecule has 1 aromatic heterocycles. The van der Waals surface area contributed by atoms with Crippen molar-refractivity contribution >= 4 is 5.82 Å². The average Bonchev–Trinajstić information content (AvgIpc) is 2.84. The Labute approximate surface area is 113 Å². The van der Waals surface area contributed by atoms with E-state index in [1.54, 1.807) is 7.11 Å². The quantitative estimate of drug-likeness (QED) is 0.852. The van der Waals surface area contributed by atoms with Gasteiger partial charge in [-0.2, -0.15) is 5.26 Å². The van der Waals surface area contributed by atoms with Crippen LogP contribution in [0, 0.1) is 11.3 Å². The maximum Gasteiger partial charge on any atom is 0.146 e. The first kappa shape index (κ1) is 13.8. The van der Waals surface area contributed by atoms with E-state index in [2.05, 4.69) is 11.1 Å². The molecule has 0 bridgehead atoms. The summed E-state index contributed by atoms with van der Waals surface area (Å²) < 4.78 is 4.91. The van der Waals surface area contributed by atoms with Crippen molar-refractivity contribution in [2.45, 2.75) is 25.4 Å². The summed E-state index contributed by atoms with van der Waals surface area (Å²) in [4.78, 5) is 6.41. The highest BCUT2D eigenvalue weighted by Crippen LogP contribution is 2.26. The molecule has 0 aromatic carbocycles. The number of methoxy groups -OCH3 is 1. The smallest absolute Gasteiger partial charge is 0.146 e. The van der Waals surface area contributed by atoms with E-state index in [9.17, 15) is 10.4 Å². The molecule has 102 valence electrons. The molecule has 19 heavy (non-hydrogen) atoms. The zero-order valence-corrected chi connectivity index (χ0v) is 11.4. The van der Waals surface area contributed by atoms with Crippen molar-refractivity contribution in [2.75, 3.05) is 32.2 Å². The fourth-order valence-corrected chi connectivity index (χ4v) is 2.48. The van der Waals surface area contributed by atoms with Crippen LogP contribution in [0.25, 0.3) is 0 Å². The van der Waals surface area contributed by atoms with Gasteiger partial charge < -0.3 is 14.7 Å². The molecule has 0 amide bonds. The Morgan fingerprint density at radius 2 is 2.37 bits per heavy atom. The number of pyridine rings is 1. The topological polar surface area (TPSA) is 69.4 Å². The minimum Gasteiger partial charge on any atom is -0.389 e. The second kappa shape index (κ2) is 6.00. The number of hydrogen-bond donors (Lipinski definition) is 1.